The molecule has 0 aromatic heterocycles. The molecule has 0 bridgehead atoms. The predicted octanol–water partition coefficient (Wildman–Crippen LogP) is 2.42. The minimum atomic E-state index is -0.472. The molecule has 1 fully saturated rings. The van der Waals surface area contributed by atoms with Crippen molar-refractivity contribution >= 4 is 28.8 Å². The molecule has 6 heteroatoms. The van der Waals surface area contributed by atoms with Crippen molar-refractivity contribution in [1.29, 1.82) is 0 Å². The van der Waals surface area contributed by atoms with Crippen LogP contribution in [0.3, 0.4) is 0 Å². The number of carbonyl (C=O) groups is 1. The zero-order valence-electron chi connectivity index (χ0n) is 9.06. The number of piperidine rings is 1. The van der Waals surface area contributed by atoms with Crippen molar-refractivity contribution in [3.8, 4) is 0 Å². The molecule has 2 rings (SSSR count). The Morgan fingerprint density at radius 1 is 1.41 bits per heavy atom. The summed E-state index contributed by atoms with van der Waals surface area (Å²) < 4.78 is 0. The number of carbonyl (C=O) groups excluding carboxylic acids is 1. The number of nitrogens with zero attached hydrogens (tertiary/aromatic N) is 2. The molecule has 1 aliphatic rings. The Balaban J connectivity index is 2.42. The molecule has 0 atom stereocenters. The molecule has 0 spiro atoms. The number of rotatable bonds is 2. The quantitative estimate of drug-likeness (QED) is 0.601. The summed E-state index contributed by atoms with van der Waals surface area (Å²) in [5, 5.41) is 11.2. The van der Waals surface area contributed by atoms with Crippen LogP contribution < -0.4 is 4.90 Å². The minimum absolute atomic E-state index is 0.0489. The van der Waals surface area contributed by atoms with Crippen LogP contribution >= 0.6 is 11.6 Å². The summed E-state index contributed by atoms with van der Waals surface area (Å²) in [6.07, 6.45) is 1.25. The van der Waals surface area contributed by atoms with Gasteiger partial charge in [-0.3, -0.25) is 14.9 Å². The topological polar surface area (TPSA) is 63.5 Å². The van der Waals surface area contributed by atoms with Gasteiger partial charge in [-0.2, -0.15) is 0 Å². The van der Waals surface area contributed by atoms with Crippen LogP contribution in [0, 0.1) is 10.1 Å². The normalized spacial score (nSPS) is 16.1. The third-order valence-corrected chi connectivity index (χ3v) is 3.03. The van der Waals surface area contributed by atoms with Gasteiger partial charge in [0.15, 0.2) is 5.78 Å². The molecule has 0 radical (unpaired) electrons. The summed E-state index contributed by atoms with van der Waals surface area (Å²) in [6, 6.07) is 4.54. The maximum atomic E-state index is 11.4. The molecule has 0 saturated carbocycles. The highest BCUT2D eigenvalue weighted by molar-refractivity contribution is 6.33. The maximum absolute atomic E-state index is 11.4. The highest BCUT2D eigenvalue weighted by Crippen LogP contribution is 2.36. The van der Waals surface area contributed by atoms with Gasteiger partial charge in [0.2, 0.25) is 0 Å². The van der Waals surface area contributed by atoms with E-state index < -0.39 is 4.92 Å². The van der Waals surface area contributed by atoms with Gasteiger partial charge in [0.05, 0.1) is 16.5 Å². The lowest BCUT2D eigenvalue weighted by molar-refractivity contribution is -0.384. The Labute approximate surface area is 103 Å². The molecule has 90 valence electrons. The van der Waals surface area contributed by atoms with E-state index in [2.05, 4.69) is 0 Å². The number of nitro benzene ring substituents is 1. The number of benzene rings is 1. The Hall–Kier alpha value is -1.62. The van der Waals surface area contributed by atoms with Gasteiger partial charge >= 0.3 is 0 Å². The van der Waals surface area contributed by atoms with Gasteiger partial charge in [0.25, 0.3) is 5.69 Å². The number of Topliss-reactive ketones (excluding diaryl/α,β-unsaturated/α-hetero) is 1. The summed E-state index contributed by atoms with van der Waals surface area (Å²) >= 11 is 6.00. The van der Waals surface area contributed by atoms with Crippen molar-refractivity contribution in [2.45, 2.75) is 12.8 Å². The van der Waals surface area contributed by atoms with Crippen LogP contribution in [0.1, 0.15) is 12.8 Å². The van der Waals surface area contributed by atoms with E-state index in [0.29, 0.717) is 30.1 Å². The van der Waals surface area contributed by atoms with Crippen LogP contribution in [0.15, 0.2) is 18.2 Å². The third kappa shape index (κ3) is 2.39. The lowest BCUT2D eigenvalue weighted by Gasteiger charge is -2.28. The molecule has 1 aliphatic heterocycles. The van der Waals surface area contributed by atoms with Crippen LogP contribution in [0.2, 0.25) is 5.02 Å². The largest absolute Gasteiger partial charge is 0.357 e. The fourth-order valence-corrected chi connectivity index (χ4v) is 2.28. The smallest absolute Gasteiger partial charge is 0.294 e. The highest BCUT2D eigenvalue weighted by Gasteiger charge is 2.26. The van der Waals surface area contributed by atoms with Crippen LogP contribution in [-0.4, -0.2) is 23.8 Å². The first-order valence-electron chi connectivity index (χ1n) is 5.29. The van der Waals surface area contributed by atoms with E-state index in [9.17, 15) is 14.9 Å². The number of nitro groups is 1. The number of halogens is 1. The number of para-hydroxylation sites is 1. The fraction of sp³-hybridized carbons (Fsp3) is 0.364. The number of hydrogen-bond donors (Lipinski definition) is 0. The first kappa shape index (κ1) is 11.9. The van der Waals surface area contributed by atoms with Crippen molar-refractivity contribution in [1.82, 2.24) is 0 Å². The molecule has 1 heterocycles. The molecular weight excluding hydrogens is 244 g/mol. The molecule has 1 saturated heterocycles. The van der Waals surface area contributed by atoms with Crippen LogP contribution in [-0.2, 0) is 4.79 Å². The number of anilines is 1. The predicted molar refractivity (Wildman–Crippen MR) is 64.6 cm³/mol. The van der Waals surface area contributed by atoms with Gasteiger partial charge in [-0.25, -0.2) is 0 Å². The van der Waals surface area contributed by atoms with Gasteiger partial charge in [-0.05, 0) is 12.5 Å². The van der Waals surface area contributed by atoms with Crippen molar-refractivity contribution in [3.63, 3.8) is 0 Å². The molecule has 1 aromatic rings. The zero-order chi connectivity index (χ0) is 12.4. The van der Waals surface area contributed by atoms with E-state index in [4.69, 9.17) is 11.6 Å². The van der Waals surface area contributed by atoms with E-state index in [1.54, 1.807) is 11.0 Å². The van der Waals surface area contributed by atoms with Gasteiger partial charge < -0.3 is 4.90 Å². The fourth-order valence-electron chi connectivity index (χ4n) is 1.99. The summed E-state index contributed by atoms with van der Waals surface area (Å²) in [6.45, 7) is 0.820. The second kappa shape index (κ2) is 4.71. The van der Waals surface area contributed by atoms with Crippen molar-refractivity contribution in [2.24, 2.45) is 0 Å². The van der Waals surface area contributed by atoms with E-state index >= 15 is 0 Å². The summed E-state index contributed by atoms with van der Waals surface area (Å²) in [5.41, 5.74) is 0.305. The molecule has 0 aliphatic carbocycles. The molecule has 0 N–H and O–H groups in total. The second-order valence-electron chi connectivity index (χ2n) is 3.93. The zero-order valence-corrected chi connectivity index (χ0v) is 9.81. The molecule has 1 aromatic carbocycles. The van der Waals surface area contributed by atoms with Crippen LogP contribution in [0.5, 0.6) is 0 Å². The van der Waals surface area contributed by atoms with E-state index in [1.807, 2.05) is 0 Å². The summed E-state index contributed by atoms with van der Waals surface area (Å²) in [5.74, 6) is 0.0884. The summed E-state index contributed by atoms with van der Waals surface area (Å²) in [4.78, 5) is 23.5. The van der Waals surface area contributed by atoms with Crippen LogP contribution in [0.4, 0.5) is 11.4 Å². The highest BCUT2D eigenvalue weighted by atomic mass is 35.5. The lowest BCUT2D eigenvalue weighted by atomic mass is 10.1. The minimum Gasteiger partial charge on any atom is -0.357 e. The SMILES string of the molecule is O=C1CCCN(c2c(Cl)cccc2[N+](=O)[O-])C1. The van der Waals surface area contributed by atoms with Gasteiger partial charge in [-0.15, -0.1) is 0 Å². The van der Waals surface area contributed by atoms with Gasteiger partial charge in [0.1, 0.15) is 5.69 Å². The standard InChI is InChI=1S/C11H11ClN2O3/c12-9-4-1-5-10(14(16)17)11(9)13-6-2-3-8(15)7-13/h1,4-5H,2-3,6-7H2. The first-order valence-corrected chi connectivity index (χ1v) is 5.67. The Kier molecular flexibility index (Phi) is 3.28. The van der Waals surface area contributed by atoms with E-state index in [0.717, 1.165) is 0 Å². The number of hydrogen-bond acceptors (Lipinski definition) is 4. The Morgan fingerprint density at radius 3 is 2.82 bits per heavy atom. The third-order valence-electron chi connectivity index (χ3n) is 2.73. The van der Waals surface area contributed by atoms with E-state index in [-0.39, 0.29) is 18.0 Å². The van der Waals surface area contributed by atoms with Gasteiger partial charge in [-0.1, -0.05) is 17.7 Å². The Morgan fingerprint density at radius 2 is 2.18 bits per heavy atom. The first-order chi connectivity index (χ1) is 8.09. The molecule has 5 nitrogen and oxygen atoms in total. The average Bonchev–Trinajstić information content (AvgIpc) is 2.28. The van der Waals surface area contributed by atoms with Gasteiger partial charge in [0, 0.05) is 19.0 Å². The molecule has 0 unspecified atom stereocenters. The molecular formula is C11H11ClN2O3. The van der Waals surface area contributed by atoms with Crippen LogP contribution in [0.25, 0.3) is 0 Å². The Bertz CT molecular complexity index is 476. The van der Waals surface area contributed by atoms with Crippen molar-refractivity contribution in [3.05, 3.63) is 33.3 Å². The average molecular weight is 255 g/mol. The monoisotopic (exact) mass is 254 g/mol. The second-order valence-corrected chi connectivity index (χ2v) is 4.34. The molecule has 17 heavy (non-hydrogen) atoms. The number of ketones is 1. The van der Waals surface area contributed by atoms with Crippen molar-refractivity contribution in [2.75, 3.05) is 18.0 Å². The lowest BCUT2D eigenvalue weighted by Crippen LogP contribution is -2.36. The van der Waals surface area contributed by atoms with Crippen molar-refractivity contribution < 1.29 is 9.72 Å². The maximum Gasteiger partial charge on any atom is 0.294 e. The van der Waals surface area contributed by atoms with E-state index in [1.165, 1.54) is 12.1 Å². The molecule has 0 amide bonds. The summed E-state index contributed by atoms with van der Waals surface area (Å²) in [7, 11) is 0.